The second-order valence-electron chi connectivity index (χ2n) is 6.44. The molecule has 3 aliphatic rings. The summed E-state index contributed by atoms with van der Waals surface area (Å²) in [7, 11) is 0. The Labute approximate surface area is 135 Å². The van der Waals surface area contributed by atoms with Gasteiger partial charge in [0.15, 0.2) is 0 Å². The van der Waals surface area contributed by atoms with E-state index in [1.807, 2.05) is 0 Å². The summed E-state index contributed by atoms with van der Waals surface area (Å²) in [5.41, 5.74) is 0. The zero-order valence-corrected chi connectivity index (χ0v) is 13.7. The highest BCUT2D eigenvalue weighted by Gasteiger charge is 2.59. The molecule has 0 bridgehead atoms. The minimum Gasteiger partial charge on any atom is -0.282 e. The third kappa shape index (κ3) is 2.65. The van der Waals surface area contributed by atoms with Crippen LogP contribution in [0.25, 0.3) is 0 Å². The predicted molar refractivity (Wildman–Crippen MR) is 81.9 cm³/mol. The lowest BCUT2D eigenvalue weighted by molar-refractivity contribution is -0.145. The van der Waals surface area contributed by atoms with Crippen LogP contribution in [0.4, 0.5) is 0 Å². The van der Waals surface area contributed by atoms with Gasteiger partial charge in [0.1, 0.15) is 0 Å². The lowest BCUT2D eigenvalue weighted by Crippen LogP contribution is -2.53. The first-order valence-corrected chi connectivity index (χ1v) is 8.84. The molecule has 1 saturated heterocycles. The van der Waals surface area contributed by atoms with Crippen molar-refractivity contribution in [1.29, 1.82) is 0 Å². The molecular weight excluding hydrogens is 311 g/mol. The third-order valence-corrected chi connectivity index (χ3v) is 5.81. The molecule has 2 amide bonds. The number of hydrogen-bond acceptors (Lipinski definition) is 2. The van der Waals surface area contributed by atoms with Crippen molar-refractivity contribution in [3.63, 3.8) is 0 Å². The van der Waals surface area contributed by atoms with E-state index < -0.39 is 16.4 Å². The standard InChI is InChI=1S/C15H22Cl2N2O2/c16-15(17)18(11-7-3-1-4-8-11)13(20)14(21)19(15)12-9-5-2-6-10-12/h11-12H,1-10H2. The maximum atomic E-state index is 12.4. The van der Waals surface area contributed by atoms with Gasteiger partial charge in [0.05, 0.1) is 0 Å². The summed E-state index contributed by atoms with van der Waals surface area (Å²) >= 11 is 13.1. The monoisotopic (exact) mass is 332 g/mol. The Hall–Kier alpha value is -0.480. The molecule has 6 heteroatoms. The Morgan fingerprint density at radius 1 is 0.714 bits per heavy atom. The van der Waals surface area contributed by atoms with Gasteiger partial charge in [-0.1, -0.05) is 61.7 Å². The molecule has 0 N–H and O–H groups in total. The van der Waals surface area contributed by atoms with Gasteiger partial charge in [0.2, 0.25) is 0 Å². The summed E-state index contributed by atoms with van der Waals surface area (Å²) < 4.78 is -1.50. The summed E-state index contributed by atoms with van der Waals surface area (Å²) in [5.74, 6) is -1.03. The number of carbonyl (C=O) groups is 2. The number of carbonyl (C=O) groups excluding carboxylic acids is 2. The minimum atomic E-state index is -1.50. The number of rotatable bonds is 2. The second kappa shape index (κ2) is 5.96. The van der Waals surface area contributed by atoms with E-state index in [-0.39, 0.29) is 12.1 Å². The van der Waals surface area contributed by atoms with E-state index in [1.54, 1.807) is 0 Å². The molecule has 1 aliphatic heterocycles. The largest absolute Gasteiger partial charge is 0.316 e. The fourth-order valence-electron chi connectivity index (χ4n) is 4.02. The Kier molecular flexibility index (Phi) is 4.37. The van der Waals surface area contributed by atoms with Gasteiger partial charge in [-0.3, -0.25) is 19.4 Å². The van der Waals surface area contributed by atoms with Crippen LogP contribution in [0.2, 0.25) is 0 Å². The van der Waals surface area contributed by atoms with Gasteiger partial charge in [-0.2, -0.15) is 0 Å². The van der Waals surface area contributed by atoms with Crippen molar-refractivity contribution in [2.75, 3.05) is 0 Å². The Morgan fingerprint density at radius 2 is 1.05 bits per heavy atom. The van der Waals surface area contributed by atoms with Gasteiger partial charge >= 0.3 is 11.8 Å². The number of nitrogens with zero attached hydrogens (tertiary/aromatic N) is 2. The molecule has 0 atom stereocenters. The average Bonchev–Trinajstić information content (AvgIpc) is 2.66. The highest BCUT2D eigenvalue weighted by atomic mass is 35.5. The maximum Gasteiger partial charge on any atom is 0.316 e. The van der Waals surface area contributed by atoms with E-state index >= 15 is 0 Å². The lowest BCUT2D eigenvalue weighted by atomic mass is 9.94. The molecule has 2 saturated carbocycles. The van der Waals surface area contributed by atoms with Crippen LogP contribution in [0.1, 0.15) is 64.2 Å². The first-order chi connectivity index (χ1) is 10.0. The van der Waals surface area contributed by atoms with Crippen molar-refractivity contribution < 1.29 is 9.59 Å². The van der Waals surface area contributed by atoms with Crippen LogP contribution in [-0.4, -0.2) is 38.3 Å². The topological polar surface area (TPSA) is 40.6 Å². The average molecular weight is 333 g/mol. The van der Waals surface area contributed by atoms with Gasteiger partial charge in [0.25, 0.3) is 4.58 Å². The van der Waals surface area contributed by atoms with Crippen LogP contribution in [0.15, 0.2) is 0 Å². The van der Waals surface area contributed by atoms with Crippen molar-refractivity contribution in [3.05, 3.63) is 0 Å². The smallest absolute Gasteiger partial charge is 0.282 e. The summed E-state index contributed by atoms with van der Waals surface area (Å²) in [4.78, 5) is 27.8. The van der Waals surface area contributed by atoms with Gasteiger partial charge < -0.3 is 0 Å². The molecule has 118 valence electrons. The van der Waals surface area contributed by atoms with Gasteiger partial charge in [-0.05, 0) is 25.7 Å². The molecule has 0 unspecified atom stereocenters. The summed E-state index contributed by atoms with van der Waals surface area (Å²) in [6.45, 7) is 0. The molecule has 0 spiro atoms. The normalized spacial score (nSPS) is 28.5. The van der Waals surface area contributed by atoms with Crippen molar-refractivity contribution >= 4 is 35.0 Å². The Morgan fingerprint density at radius 3 is 1.38 bits per heavy atom. The fraction of sp³-hybridized carbons (Fsp3) is 0.867. The van der Waals surface area contributed by atoms with E-state index in [9.17, 15) is 9.59 Å². The van der Waals surface area contributed by atoms with Crippen LogP contribution in [0.3, 0.4) is 0 Å². The van der Waals surface area contributed by atoms with Gasteiger partial charge in [-0.25, -0.2) is 0 Å². The first kappa shape index (κ1) is 15.4. The second-order valence-corrected chi connectivity index (χ2v) is 7.69. The fourth-order valence-corrected chi connectivity index (χ4v) is 4.88. The highest BCUT2D eigenvalue weighted by Crippen LogP contribution is 2.44. The van der Waals surface area contributed by atoms with E-state index in [4.69, 9.17) is 23.2 Å². The van der Waals surface area contributed by atoms with E-state index in [1.165, 1.54) is 22.6 Å². The van der Waals surface area contributed by atoms with Crippen molar-refractivity contribution in [2.45, 2.75) is 80.9 Å². The number of alkyl halides is 2. The van der Waals surface area contributed by atoms with Crippen molar-refractivity contribution in [2.24, 2.45) is 0 Å². The summed E-state index contributed by atoms with van der Waals surface area (Å²) in [6.07, 6.45) is 10.2. The molecule has 0 radical (unpaired) electrons. The molecule has 21 heavy (non-hydrogen) atoms. The Bertz CT molecular complexity index is 391. The molecule has 0 aromatic rings. The number of hydrogen-bond donors (Lipinski definition) is 0. The molecule has 1 heterocycles. The first-order valence-electron chi connectivity index (χ1n) is 8.08. The lowest BCUT2D eigenvalue weighted by Gasteiger charge is -2.42. The number of halogens is 2. The van der Waals surface area contributed by atoms with E-state index in [0.29, 0.717) is 0 Å². The predicted octanol–water partition coefficient (Wildman–Crippen LogP) is 3.41. The molecule has 0 aromatic heterocycles. The quantitative estimate of drug-likeness (QED) is 0.441. The zero-order valence-electron chi connectivity index (χ0n) is 12.2. The number of amides is 2. The van der Waals surface area contributed by atoms with E-state index in [0.717, 1.165) is 51.4 Å². The Balaban J connectivity index is 1.85. The molecule has 4 nitrogen and oxygen atoms in total. The molecule has 3 rings (SSSR count). The van der Waals surface area contributed by atoms with Crippen LogP contribution in [-0.2, 0) is 9.59 Å². The van der Waals surface area contributed by atoms with Gasteiger partial charge in [0, 0.05) is 12.1 Å². The summed E-state index contributed by atoms with van der Waals surface area (Å²) in [6, 6.07) is -0.00224. The third-order valence-electron chi connectivity index (χ3n) is 5.08. The molecule has 2 aliphatic carbocycles. The molecular formula is C15H22Cl2N2O2. The van der Waals surface area contributed by atoms with E-state index in [2.05, 4.69) is 0 Å². The van der Waals surface area contributed by atoms with Gasteiger partial charge in [-0.15, -0.1) is 0 Å². The highest BCUT2D eigenvalue weighted by molar-refractivity contribution is 6.55. The maximum absolute atomic E-state index is 12.4. The SMILES string of the molecule is O=C1C(=O)N(C2CCCCC2)C(Cl)(Cl)N1C1CCCCC1. The molecule has 3 fully saturated rings. The van der Waals surface area contributed by atoms with Crippen molar-refractivity contribution in [1.82, 2.24) is 9.80 Å². The summed E-state index contributed by atoms with van der Waals surface area (Å²) in [5, 5.41) is 0. The van der Waals surface area contributed by atoms with Crippen LogP contribution >= 0.6 is 23.2 Å². The van der Waals surface area contributed by atoms with Crippen molar-refractivity contribution in [3.8, 4) is 0 Å². The van der Waals surface area contributed by atoms with Crippen LogP contribution in [0.5, 0.6) is 0 Å². The molecule has 0 aromatic carbocycles. The van der Waals surface area contributed by atoms with Crippen LogP contribution < -0.4 is 0 Å². The van der Waals surface area contributed by atoms with Crippen LogP contribution in [0, 0.1) is 0 Å². The minimum absolute atomic E-state index is 0.00112. The zero-order chi connectivity index (χ0) is 15.0.